The summed E-state index contributed by atoms with van der Waals surface area (Å²) in [5.74, 6) is 1.28. The summed E-state index contributed by atoms with van der Waals surface area (Å²) in [6, 6.07) is 7.48. The van der Waals surface area contributed by atoms with E-state index in [0.717, 1.165) is 37.9 Å². The number of nitrogens with one attached hydrogen (secondary N) is 1. The lowest BCUT2D eigenvalue weighted by Crippen LogP contribution is -2.59. The van der Waals surface area contributed by atoms with Crippen LogP contribution in [0.3, 0.4) is 0 Å². The van der Waals surface area contributed by atoms with Gasteiger partial charge in [-0.25, -0.2) is 13.1 Å². The fourth-order valence-corrected chi connectivity index (χ4v) is 6.74. The zero-order chi connectivity index (χ0) is 20.9. The Kier molecular flexibility index (Phi) is 5.07. The van der Waals surface area contributed by atoms with E-state index in [-0.39, 0.29) is 36.1 Å². The fraction of sp³-hybridized carbons (Fsp3) is 0.682. The van der Waals surface area contributed by atoms with Crippen LogP contribution in [0.1, 0.15) is 44.1 Å². The number of carbonyl (C=O) groups is 1. The quantitative estimate of drug-likeness (QED) is 0.768. The van der Waals surface area contributed by atoms with Crippen molar-refractivity contribution in [1.82, 2.24) is 9.62 Å². The van der Waals surface area contributed by atoms with Crippen LogP contribution in [0.25, 0.3) is 0 Å². The van der Waals surface area contributed by atoms with Crippen molar-refractivity contribution in [3.63, 3.8) is 0 Å². The van der Waals surface area contributed by atoms with Crippen LogP contribution in [0, 0.1) is 5.92 Å². The third-order valence-corrected chi connectivity index (χ3v) is 8.16. The van der Waals surface area contributed by atoms with Crippen molar-refractivity contribution in [2.24, 2.45) is 5.92 Å². The zero-order valence-corrected chi connectivity index (χ0v) is 18.2. The lowest BCUT2D eigenvalue weighted by molar-refractivity contribution is -0.140. The predicted octanol–water partition coefficient (Wildman–Crippen LogP) is 1.81. The van der Waals surface area contributed by atoms with Crippen LogP contribution < -0.4 is 9.46 Å². The second kappa shape index (κ2) is 7.50. The third-order valence-electron chi connectivity index (χ3n) is 7.43. The van der Waals surface area contributed by atoms with E-state index in [2.05, 4.69) is 16.9 Å². The number of benzene rings is 1. The summed E-state index contributed by atoms with van der Waals surface area (Å²) in [5, 5.41) is 0. The number of nitrogens with zero attached hydrogens (tertiary/aromatic N) is 1. The van der Waals surface area contributed by atoms with Gasteiger partial charge in [-0.1, -0.05) is 18.2 Å². The number of sulfonamides is 1. The average Bonchev–Trinajstić information content (AvgIpc) is 3.44. The van der Waals surface area contributed by atoms with Gasteiger partial charge in [-0.3, -0.25) is 4.79 Å². The summed E-state index contributed by atoms with van der Waals surface area (Å²) in [7, 11) is -3.38. The SMILES string of the molecule is CS(=O)(=O)NC1CCCN2C(=O)COc3ccccc3C34CC[C@H](CC3C4)OC[C@@H]12. The Hall–Kier alpha value is -1.64. The second-order valence-corrected chi connectivity index (χ2v) is 11.1. The van der Waals surface area contributed by atoms with Gasteiger partial charge < -0.3 is 14.4 Å². The van der Waals surface area contributed by atoms with Crippen LogP contribution in [-0.2, 0) is 25.0 Å². The number of piperidine rings is 1. The third kappa shape index (κ3) is 3.74. The molecule has 3 unspecified atom stereocenters. The van der Waals surface area contributed by atoms with Crippen LogP contribution >= 0.6 is 0 Å². The number of para-hydroxylation sites is 1. The molecule has 3 heterocycles. The minimum absolute atomic E-state index is 0.0384. The molecule has 1 spiro atoms. The van der Waals surface area contributed by atoms with Gasteiger partial charge in [0, 0.05) is 23.6 Å². The van der Waals surface area contributed by atoms with E-state index in [1.165, 1.54) is 11.8 Å². The minimum Gasteiger partial charge on any atom is -0.483 e. The molecule has 3 aliphatic heterocycles. The van der Waals surface area contributed by atoms with Gasteiger partial charge in [-0.15, -0.1) is 0 Å². The molecule has 0 aromatic heterocycles. The standard InChI is InChI=1S/C22H30N2O5S/c1-30(26,27)23-18-6-4-10-24-19(18)13-28-16-8-9-22(12-15(22)11-16)17-5-2-3-7-20(17)29-14-21(24)25/h2-3,5,7,15-16,18-19,23H,4,6,8-14H2,1H3/t15?,16-,18?,19+,22?/m1/s1. The Morgan fingerprint density at radius 2 is 2.07 bits per heavy atom. The maximum atomic E-state index is 13.1. The largest absolute Gasteiger partial charge is 0.483 e. The highest BCUT2D eigenvalue weighted by molar-refractivity contribution is 7.88. The van der Waals surface area contributed by atoms with Crippen molar-refractivity contribution < 1.29 is 22.7 Å². The minimum atomic E-state index is -3.38. The molecule has 1 saturated heterocycles. The Bertz CT molecular complexity index is 935. The number of hydrogen-bond acceptors (Lipinski definition) is 5. The molecule has 1 amide bonds. The number of rotatable bonds is 2. The van der Waals surface area contributed by atoms with Gasteiger partial charge in [0.1, 0.15) is 5.75 Å². The molecule has 0 radical (unpaired) electrons. The maximum Gasteiger partial charge on any atom is 0.260 e. The van der Waals surface area contributed by atoms with Crippen LogP contribution in [0.5, 0.6) is 5.75 Å². The molecule has 1 aromatic carbocycles. The summed E-state index contributed by atoms with van der Waals surface area (Å²) < 4.78 is 38.9. The zero-order valence-electron chi connectivity index (χ0n) is 17.4. The summed E-state index contributed by atoms with van der Waals surface area (Å²) in [4.78, 5) is 14.9. The highest BCUT2D eigenvalue weighted by atomic mass is 32.2. The normalized spacial score (nSPS) is 36.3. The molecule has 2 bridgehead atoms. The van der Waals surface area contributed by atoms with Gasteiger partial charge in [-0.2, -0.15) is 0 Å². The fourth-order valence-electron chi connectivity index (χ4n) is 5.91. The first kappa shape index (κ1) is 20.3. The average molecular weight is 435 g/mol. The van der Waals surface area contributed by atoms with E-state index >= 15 is 0 Å². The van der Waals surface area contributed by atoms with Gasteiger partial charge in [0.2, 0.25) is 10.0 Å². The summed E-state index contributed by atoms with van der Waals surface area (Å²) in [6.45, 7) is 0.913. The predicted molar refractivity (Wildman–Crippen MR) is 112 cm³/mol. The van der Waals surface area contributed by atoms with Crippen LogP contribution in [0.4, 0.5) is 0 Å². The van der Waals surface area contributed by atoms with Crippen molar-refractivity contribution in [1.29, 1.82) is 0 Å². The summed E-state index contributed by atoms with van der Waals surface area (Å²) >= 11 is 0. The molecule has 2 saturated carbocycles. The molecule has 8 heteroatoms. The maximum absolute atomic E-state index is 13.1. The van der Waals surface area contributed by atoms with E-state index in [4.69, 9.17) is 9.47 Å². The number of fused-ring (bicyclic) bond motifs is 4. The molecule has 2 aliphatic carbocycles. The van der Waals surface area contributed by atoms with Gasteiger partial charge in [0.05, 0.1) is 25.0 Å². The molecule has 1 N–H and O–H groups in total. The van der Waals surface area contributed by atoms with Crippen molar-refractivity contribution >= 4 is 15.9 Å². The van der Waals surface area contributed by atoms with Gasteiger partial charge in [-0.05, 0) is 50.5 Å². The highest BCUT2D eigenvalue weighted by Gasteiger charge is 2.59. The summed E-state index contributed by atoms with van der Waals surface area (Å²) in [6.07, 6.45) is 6.99. The highest BCUT2D eigenvalue weighted by Crippen LogP contribution is 2.64. The van der Waals surface area contributed by atoms with Crippen LogP contribution in [-0.4, -0.2) is 63.4 Å². The van der Waals surface area contributed by atoms with Crippen molar-refractivity contribution in [2.75, 3.05) is 26.0 Å². The van der Waals surface area contributed by atoms with Gasteiger partial charge in [0.15, 0.2) is 6.61 Å². The van der Waals surface area contributed by atoms with Crippen LogP contribution in [0.2, 0.25) is 0 Å². The Morgan fingerprint density at radius 1 is 1.23 bits per heavy atom. The van der Waals surface area contributed by atoms with Crippen molar-refractivity contribution in [3.05, 3.63) is 29.8 Å². The molecule has 6 rings (SSSR count). The number of amides is 1. The molecule has 3 fully saturated rings. The number of hydrogen-bond donors (Lipinski definition) is 1. The molecule has 164 valence electrons. The van der Waals surface area contributed by atoms with Gasteiger partial charge in [0.25, 0.3) is 5.91 Å². The molecule has 7 nitrogen and oxygen atoms in total. The monoisotopic (exact) mass is 434 g/mol. The topological polar surface area (TPSA) is 84.9 Å². The van der Waals surface area contributed by atoms with Crippen LogP contribution in [0.15, 0.2) is 24.3 Å². The van der Waals surface area contributed by atoms with E-state index in [1.54, 1.807) is 4.90 Å². The second-order valence-electron chi connectivity index (χ2n) is 9.36. The lowest BCUT2D eigenvalue weighted by atomic mass is 9.81. The van der Waals surface area contributed by atoms with Gasteiger partial charge >= 0.3 is 0 Å². The number of ether oxygens (including phenoxy) is 2. The van der Waals surface area contributed by atoms with E-state index < -0.39 is 10.0 Å². The van der Waals surface area contributed by atoms with E-state index in [9.17, 15) is 13.2 Å². The molecular formula is C22H30N2O5S. The van der Waals surface area contributed by atoms with Crippen molar-refractivity contribution in [2.45, 2.75) is 62.1 Å². The van der Waals surface area contributed by atoms with Crippen molar-refractivity contribution in [3.8, 4) is 5.75 Å². The molecule has 30 heavy (non-hydrogen) atoms. The Morgan fingerprint density at radius 3 is 2.87 bits per heavy atom. The Balaban J connectivity index is 1.45. The first-order valence-electron chi connectivity index (χ1n) is 11.0. The molecular weight excluding hydrogens is 404 g/mol. The first-order valence-corrected chi connectivity index (χ1v) is 12.9. The van der Waals surface area contributed by atoms with E-state index in [0.29, 0.717) is 25.5 Å². The number of carbonyl (C=O) groups excluding carboxylic acids is 1. The molecule has 5 atom stereocenters. The summed E-state index contributed by atoms with van der Waals surface area (Å²) in [5.41, 5.74) is 1.40. The van der Waals surface area contributed by atoms with E-state index in [1.807, 2.05) is 12.1 Å². The Labute approximate surface area is 178 Å². The first-order chi connectivity index (χ1) is 14.4. The lowest BCUT2D eigenvalue weighted by Gasteiger charge is -2.41. The molecule has 1 aromatic rings. The smallest absolute Gasteiger partial charge is 0.260 e. The molecule has 5 aliphatic rings.